The number of anilines is 1. The summed E-state index contributed by atoms with van der Waals surface area (Å²) in [5.41, 5.74) is 0. The molecule has 1 aliphatic carbocycles. The lowest BCUT2D eigenvalue weighted by atomic mass is 10.2. The number of ether oxygens (including phenoxy) is 1. The zero-order valence-corrected chi connectivity index (χ0v) is 10.7. The first kappa shape index (κ1) is 12.4. The summed E-state index contributed by atoms with van der Waals surface area (Å²) < 4.78 is 7.22. The number of aryl methyl sites for hydroxylation is 1. The molecule has 1 heterocycles. The maximum absolute atomic E-state index is 5.06. The van der Waals surface area contributed by atoms with E-state index in [0.717, 1.165) is 38.0 Å². The van der Waals surface area contributed by atoms with E-state index in [4.69, 9.17) is 4.74 Å². The van der Waals surface area contributed by atoms with E-state index in [9.17, 15) is 0 Å². The van der Waals surface area contributed by atoms with Crippen LogP contribution in [0.2, 0.25) is 0 Å². The lowest BCUT2D eigenvalue weighted by molar-refractivity contribution is 0.190. The van der Waals surface area contributed by atoms with Crippen molar-refractivity contribution in [1.29, 1.82) is 0 Å². The van der Waals surface area contributed by atoms with Crippen molar-refractivity contribution in [3.63, 3.8) is 0 Å². The van der Waals surface area contributed by atoms with Gasteiger partial charge in [-0.2, -0.15) is 0 Å². The Kier molecular flexibility index (Phi) is 4.86. The van der Waals surface area contributed by atoms with Gasteiger partial charge in [-0.05, 0) is 25.2 Å². The molecule has 0 bridgehead atoms. The van der Waals surface area contributed by atoms with Gasteiger partial charge in [-0.25, -0.2) is 4.98 Å². The Hall–Kier alpha value is -1.03. The molecule has 96 valence electrons. The van der Waals surface area contributed by atoms with Crippen LogP contribution >= 0.6 is 0 Å². The van der Waals surface area contributed by atoms with Crippen LogP contribution in [-0.2, 0) is 11.3 Å². The van der Waals surface area contributed by atoms with Crippen LogP contribution < -0.4 is 5.32 Å². The van der Waals surface area contributed by atoms with E-state index in [-0.39, 0.29) is 0 Å². The Morgan fingerprint density at radius 2 is 2.35 bits per heavy atom. The van der Waals surface area contributed by atoms with Crippen molar-refractivity contribution in [2.75, 3.05) is 25.6 Å². The summed E-state index contributed by atoms with van der Waals surface area (Å²) in [5.74, 6) is 2.02. The summed E-state index contributed by atoms with van der Waals surface area (Å²) in [5, 5.41) is 3.41. The first-order valence-corrected chi connectivity index (χ1v) is 6.64. The molecule has 0 unspecified atom stereocenters. The van der Waals surface area contributed by atoms with Crippen LogP contribution in [0, 0.1) is 5.92 Å². The first-order chi connectivity index (χ1) is 8.40. The van der Waals surface area contributed by atoms with E-state index in [0.29, 0.717) is 0 Å². The van der Waals surface area contributed by atoms with Crippen LogP contribution in [0.5, 0.6) is 0 Å². The van der Waals surface area contributed by atoms with Crippen LogP contribution in [0.3, 0.4) is 0 Å². The van der Waals surface area contributed by atoms with Crippen LogP contribution in [0.4, 0.5) is 5.95 Å². The van der Waals surface area contributed by atoms with Gasteiger partial charge in [0, 0.05) is 39.2 Å². The lowest BCUT2D eigenvalue weighted by Crippen LogP contribution is -2.09. The molecular formula is C13H23N3O. The van der Waals surface area contributed by atoms with Gasteiger partial charge >= 0.3 is 0 Å². The quantitative estimate of drug-likeness (QED) is 0.671. The van der Waals surface area contributed by atoms with Crippen molar-refractivity contribution in [2.45, 2.75) is 38.6 Å². The highest BCUT2D eigenvalue weighted by Gasteiger charge is 2.19. The second kappa shape index (κ2) is 6.64. The maximum Gasteiger partial charge on any atom is 0.202 e. The summed E-state index contributed by atoms with van der Waals surface area (Å²) in [6.07, 6.45) is 10.4. The molecule has 0 amide bonds. The number of aromatic nitrogens is 2. The molecule has 1 aromatic heterocycles. The number of nitrogens with zero attached hydrogens (tertiary/aromatic N) is 2. The van der Waals surface area contributed by atoms with Crippen molar-refractivity contribution >= 4 is 5.95 Å². The fourth-order valence-electron chi connectivity index (χ4n) is 2.03. The van der Waals surface area contributed by atoms with Gasteiger partial charge in [-0.1, -0.05) is 12.8 Å². The molecule has 0 spiro atoms. The van der Waals surface area contributed by atoms with Gasteiger partial charge in [0.1, 0.15) is 0 Å². The summed E-state index contributed by atoms with van der Waals surface area (Å²) >= 11 is 0. The van der Waals surface area contributed by atoms with E-state index in [1.165, 1.54) is 25.7 Å². The van der Waals surface area contributed by atoms with Crippen molar-refractivity contribution in [1.82, 2.24) is 9.55 Å². The average molecular weight is 237 g/mol. The molecule has 0 saturated heterocycles. The molecule has 1 N–H and O–H groups in total. The molecule has 1 saturated carbocycles. The number of nitrogens with one attached hydrogen (secondary N) is 1. The van der Waals surface area contributed by atoms with E-state index in [1.807, 2.05) is 12.4 Å². The molecule has 1 aliphatic rings. The Balaban J connectivity index is 1.65. The van der Waals surface area contributed by atoms with E-state index >= 15 is 0 Å². The van der Waals surface area contributed by atoms with Gasteiger partial charge in [0.15, 0.2) is 0 Å². The summed E-state index contributed by atoms with van der Waals surface area (Å²) in [6.45, 7) is 2.82. The van der Waals surface area contributed by atoms with Crippen LogP contribution in [-0.4, -0.2) is 29.8 Å². The molecule has 0 atom stereocenters. The molecule has 0 aromatic carbocycles. The summed E-state index contributed by atoms with van der Waals surface area (Å²) in [7, 11) is 1.74. The fourth-order valence-corrected chi connectivity index (χ4v) is 2.03. The third-order valence-electron chi connectivity index (χ3n) is 3.23. The molecule has 0 radical (unpaired) electrons. The molecule has 1 fully saturated rings. The third-order valence-corrected chi connectivity index (χ3v) is 3.23. The van der Waals surface area contributed by atoms with E-state index < -0.39 is 0 Å². The SMILES string of the molecule is COCCCn1ccnc1NCCCC1CC1. The lowest BCUT2D eigenvalue weighted by Gasteiger charge is -2.09. The number of rotatable bonds is 9. The highest BCUT2D eigenvalue weighted by atomic mass is 16.5. The smallest absolute Gasteiger partial charge is 0.202 e. The van der Waals surface area contributed by atoms with Crippen molar-refractivity contribution < 1.29 is 4.74 Å². The van der Waals surface area contributed by atoms with Gasteiger partial charge in [-0.15, -0.1) is 0 Å². The second-order valence-electron chi connectivity index (χ2n) is 4.80. The standard InChI is InChI=1S/C13H23N3O/c1-17-11-3-9-16-10-8-15-13(16)14-7-2-4-12-5-6-12/h8,10,12H,2-7,9,11H2,1H3,(H,14,15). The topological polar surface area (TPSA) is 39.1 Å². The zero-order valence-electron chi connectivity index (χ0n) is 10.7. The van der Waals surface area contributed by atoms with Gasteiger partial charge in [0.2, 0.25) is 5.95 Å². The molecule has 2 rings (SSSR count). The van der Waals surface area contributed by atoms with Crippen LogP contribution in [0.1, 0.15) is 32.1 Å². The number of imidazole rings is 1. The van der Waals surface area contributed by atoms with Crippen LogP contribution in [0.25, 0.3) is 0 Å². The Morgan fingerprint density at radius 3 is 3.12 bits per heavy atom. The second-order valence-corrected chi connectivity index (χ2v) is 4.80. The zero-order chi connectivity index (χ0) is 11.9. The highest BCUT2D eigenvalue weighted by molar-refractivity contribution is 5.25. The van der Waals surface area contributed by atoms with Crippen molar-refractivity contribution in [3.05, 3.63) is 12.4 Å². The molecule has 1 aromatic rings. The van der Waals surface area contributed by atoms with Gasteiger partial charge < -0.3 is 14.6 Å². The Labute approximate surface area is 103 Å². The van der Waals surface area contributed by atoms with Gasteiger partial charge in [0.25, 0.3) is 0 Å². The highest BCUT2D eigenvalue weighted by Crippen LogP contribution is 2.33. The van der Waals surface area contributed by atoms with Crippen molar-refractivity contribution in [2.24, 2.45) is 5.92 Å². The molecule has 0 aliphatic heterocycles. The normalized spacial score (nSPS) is 15.1. The van der Waals surface area contributed by atoms with Gasteiger partial charge in [-0.3, -0.25) is 0 Å². The minimum atomic E-state index is 0.805. The maximum atomic E-state index is 5.06. The molecule has 4 heteroatoms. The first-order valence-electron chi connectivity index (χ1n) is 6.64. The Bertz CT molecular complexity index is 320. The average Bonchev–Trinajstić information content (AvgIpc) is 3.06. The number of hydrogen-bond acceptors (Lipinski definition) is 3. The number of methoxy groups -OCH3 is 1. The minimum Gasteiger partial charge on any atom is -0.385 e. The third kappa shape index (κ3) is 4.38. The van der Waals surface area contributed by atoms with Crippen molar-refractivity contribution in [3.8, 4) is 0 Å². The largest absolute Gasteiger partial charge is 0.385 e. The van der Waals surface area contributed by atoms with Crippen LogP contribution in [0.15, 0.2) is 12.4 Å². The monoisotopic (exact) mass is 237 g/mol. The molecule has 4 nitrogen and oxygen atoms in total. The Morgan fingerprint density at radius 1 is 1.47 bits per heavy atom. The van der Waals surface area contributed by atoms with E-state index in [1.54, 1.807) is 7.11 Å². The molecular weight excluding hydrogens is 214 g/mol. The summed E-state index contributed by atoms with van der Waals surface area (Å²) in [4.78, 5) is 4.34. The summed E-state index contributed by atoms with van der Waals surface area (Å²) in [6, 6.07) is 0. The number of hydrogen-bond donors (Lipinski definition) is 1. The van der Waals surface area contributed by atoms with E-state index in [2.05, 4.69) is 14.9 Å². The fraction of sp³-hybridized carbons (Fsp3) is 0.769. The predicted octanol–water partition coefficient (Wildman–Crippen LogP) is 2.52. The predicted molar refractivity (Wildman–Crippen MR) is 69.2 cm³/mol. The minimum absolute atomic E-state index is 0.805. The van der Waals surface area contributed by atoms with Gasteiger partial charge in [0.05, 0.1) is 0 Å². The molecule has 17 heavy (non-hydrogen) atoms.